The van der Waals surface area contributed by atoms with E-state index in [-0.39, 0.29) is 11.5 Å². The maximum atomic E-state index is 14.3. The van der Waals surface area contributed by atoms with Crippen molar-refractivity contribution in [3.63, 3.8) is 0 Å². The van der Waals surface area contributed by atoms with Crippen molar-refractivity contribution in [1.82, 2.24) is 20.2 Å². The van der Waals surface area contributed by atoms with Crippen LogP contribution in [0, 0.1) is 18.6 Å². The molecule has 12 heteroatoms. The number of nitrogens with one attached hydrogen (secondary N) is 1. The molecule has 0 aliphatic heterocycles. The van der Waals surface area contributed by atoms with Gasteiger partial charge in [-0.3, -0.25) is 4.72 Å². The second-order valence-electron chi connectivity index (χ2n) is 5.55. The molecule has 0 spiro atoms. The number of aryl methyl sites for hydroxylation is 1. The first-order valence-corrected chi connectivity index (χ1v) is 9.24. The van der Waals surface area contributed by atoms with Gasteiger partial charge in [-0.15, -0.1) is 5.10 Å². The maximum absolute atomic E-state index is 14.3. The number of methoxy groups -OCH3 is 2. The highest BCUT2D eigenvalue weighted by Crippen LogP contribution is 2.33. The Balaban J connectivity index is 2.03. The molecule has 3 rings (SSSR count). The zero-order chi connectivity index (χ0) is 20.5. The number of hydrogen-bond acceptors (Lipinski definition) is 7. The maximum Gasteiger partial charge on any atom is 0.265 e. The van der Waals surface area contributed by atoms with Gasteiger partial charge in [-0.1, -0.05) is 0 Å². The molecule has 148 valence electrons. The van der Waals surface area contributed by atoms with Crippen LogP contribution < -0.4 is 14.2 Å². The molecule has 3 aromatic rings. The first kappa shape index (κ1) is 19.5. The first-order valence-electron chi connectivity index (χ1n) is 7.76. The average Bonchev–Trinajstić information content (AvgIpc) is 3.08. The van der Waals surface area contributed by atoms with Gasteiger partial charge < -0.3 is 9.47 Å². The van der Waals surface area contributed by atoms with Crippen molar-refractivity contribution in [2.75, 3.05) is 18.9 Å². The van der Waals surface area contributed by atoms with Crippen LogP contribution in [0.15, 0.2) is 35.2 Å². The number of halogens is 2. The summed E-state index contributed by atoms with van der Waals surface area (Å²) in [6.07, 6.45) is 0. The lowest BCUT2D eigenvalue weighted by atomic mass is 10.2. The monoisotopic (exact) mass is 411 g/mol. The number of anilines is 1. The fourth-order valence-electron chi connectivity index (χ4n) is 2.43. The van der Waals surface area contributed by atoms with Gasteiger partial charge in [0.15, 0.2) is 17.3 Å². The van der Waals surface area contributed by atoms with Crippen molar-refractivity contribution in [1.29, 1.82) is 0 Å². The number of benzene rings is 2. The second kappa shape index (κ2) is 7.38. The number of aromatic nitrogens is 4. The van der Waals surface area contributed by atoms with E-state index in [0.29, 0.717) is 11.5 Å². The number of ether oxygens (including phenoxy) is 2. The van der Waals surface area contributed by atoms with Crippen LogP contribution in [0.5, 0.6) is 11.5 Å². The Morgan fingerprint density at radius 1 is 1.04 bits per heavy atom. The molecule has 28 heavy (non-hydrogen) atoms. The number of rotatable bonds is 6. The van der Waals surface area contributed by atoms with Crippen LogP contribution in [-0.4, -0.2) is 42.8 Å². The van der Waals surface area contributed by atoms with Crippen LogP contribution in [0.25, 0.3) is 5.69 Å². The minimum atomic E-state index is -4.48. The molecule has 0 saturated carbocycles. The molecular weight excluding hydrogens is 396 g/mol. The molecule has 0 fully saturated rings. The molecule has 0 unspecified atom stereocenters. The fraction of sp³-hybridized carbons (Fsp3) is 0.188. The molecule has 1 N–H and O–H groups in total. The normalized spacial score (nSPS) is 11.3. The van der Waals surface area contributed by atoms with E-state index in [1.54, 1.807) is 6.92 Å². The summed E-state index contributed by atoms with van der Waals surface area (Å²) in [7, 11) is -1.92. The number of nitrogens with zero attached hydrogens (tertiary/aromatic N) is 4. The SMILES string of the molecule is COc1cc(F)c(S(=O)(=O)Nc2cc(-n3nnnc3C)ccc2F)cc1OC. The molecule has 2 aromatic carbocycles. The zero-order valence-electron chi connectivity index (χ0n) is 15.0. The Kier molecular flexibility index (Phi) is 5.14. The van der Waals surface area contributed by atoms with Gasteiger partial charge in [-0.25, -0.2) is 17.2 Å². The average molecular weight is 411 g/mol. The highest BCUT2D eigenvalue weighted by Gasteiger charge is 2.24. The minimum Gasteiger partial charge on any atom is -0.493 e. The smallest absolute Gasteiger partial charge is 0.265 e. The third-order valence-corrected chi connectivity index (χ3v) is 5.17. The summed E-state index contributed by atoms with van der Waals surface area (Å²) in [5.74, 6) is -1.52. The number of hydrogen-bond donors (Lipinski definition) is 1. The van der Waals surface area contributed by atoms with E-state index in [9.17, 15) is 17.2 Å². The van der Waals surface area contributed by atoms with Crippen molar-refractivity contribution in [3.8, 4) is 17.2 Å². The highest BCUT2D eigenvalue weighted by atomic mass is 32.2. The van der Waals surface area contributed by atoms with Crippen LogP contribution >= 0.6 is 0 Å². The summed E-state index contributed by atoms with van der Waals surface area (Å²) in [4.78, 5) is -0.728. The van der Waals surface area contributed by atoms with Crippen molar-refractivity contribution in [2.24, 2.45) is 0 Å². The fourth-order valence-corrected chi connectivity index (χ4v) is 3.57. The Morgan fingerprint density at radius 2 is 1.71 bits per heavy atom. The van der Waals surface area contributed by atoms with Crippen LogP contribution in [0.2, 0.25) is 0 Å². The molecule has 0 radical (unpaired) electrons. The van der Waals surface area contributed by atoms with Crippen LogP contribution in [-0.2, 0) is 10.0 Å². The molecular formula is C16H15F2N5O4S. The van der Waals surface area contributed by atoms with Gasteiger partial charge in [0.2, 0.25) is 0 Å². The van der Waals surface area contributed by atoms with Crippen molar-refractivity contribution in [2.45, 2.75) is 11.8 Å². The van der Waals surface area contributed by atoms with Gasteiger partial charge in [-0.2, -0.15) is 4.68 Å². The standard InChI is InChI=1S/C16H15F2N5O4S/c1-9-19-21-22-23(9)10-4-5-11(17)13(6-10)20-28(24,25)16-8-15(27-3)14(26-2)7-12(16)18/h4-8,20H,1-3H3. The predicted octanol–water partition coefficient (Wildman–Crippen LogP) is 2.07. The quantitative estimate of drug-likeness (QED) is 0.661. The van der Waals surface area contributed by atoms with Gasteiger partial charge in [-0.05, 0) is 35.5 Å². The van der Waals surface area contributed by atoms with Crippen molar-refractivity contribution in [3.05, 3.63) is 47.8 Å². The lowest BCUT2D eigenvalue weighted by molar-refractivity contribution is 0.350. The number of sulfonamides is 1. The van der Waals surface area contributed by atoms with E-state index in [4.69, 9.17) is 9.47 Å². The van der Waals surface area contributed by atoms with Crippen LogP contribution in [0.3, 0.4) is 0 Å². The van der Waals surface area contributed by atoms with E-state index >= 15 is 0 Å². The van der Waals surface area contributed by atoms with E-state index in [1.807, 2.05) is 4.72 Å². The lowest BCUT2D eigenvalue weighted by Gasteiger charge is -2.14. The molecule has 9 nitrogen and oxygen atoms in total. The minimum absolute atomic E-state index is 0.00260. The highest BCUT2D eigenvalue weighted by molar-refractivity contribution is 7.92. The molecule has 0 aliphatic carbocycles. The van der Waals surface area contributed by atoms with Crippen molar-refractivity contribution < 1.29 is 26.7 Å². The first-order chi connectivity index (χ1) is 13.3. The lowest BCUT2D eigenvalue weighted by Crippen LogP contribution is -2.16. The van der Waals surface area contributed by atoms with E-state index in [1.165, 1.54) is 31.0 Å². The summed E-state index contributed by atoms with van der Waals surface area (Å²) >= 11 is 0. The number of tetrazole rings is 1. The van der Waals surface area contributed by atoms with E-state index in [2.05, 4.69) is 15.5 Å². The third kappa shape index (κ3) is 3.58. The second-order valence-corrected chi connectivity index (χ2v) is 7.20. The molecule has 0 saturated heterocycles. The van der Waals surface area contributed by atoms with Crippen LogP contribution in [0.1, 0.15) is 5.82 Å². The summed E-state index contributed by atoms with van der Waals surface area (Å²) in [5, 5.41) is 10.9. The van der Waals surface area contributed by atoms with Gasteiger partial charge >= 0.3 is 0 Å². The Bertz CT molecular complexity index is 1130. The molecule has 1 aromatic heterocycles. The van der Waals surface area contributed by atoms with Gasteiger partial charge in [0, 0.05) is 12.1 Å². The van der Waals surface area contributed by atoms with E-state index < -0.39 is 32.2 Å². The summed E-state index contributed by atoms with van der Waals surface area (Å²) in [6.45, 7) is 1.62. The summed E-state index contributed by atoms with van der Waals surface area (Å²) < 4.78 is 67.1. The van der Waals surface area contributed by atoms with Gasteiger partial charge in [0.1, 0.15) is 16.5 Å². The predicted molar refractivity (Wildman–Crippen MR) is 94.2 cm³/mol. The topological polar surface area (TPSA) is 108 Å². The van der Waals surface area contributed by atoms with Gasteiger partial charge in [0.25, 0.3) is 10.0 Å². The Hall–Kier alpha value is -3.28. The van der Waals surface area contributed by atoms with Gasteiger partial charge in [0.05, 0.1) is 25.6 Å². The summed E-state index contributed by atoms with van der Waals surface area (Å²) in [5.41, 5.74) is -0.0871. The molecule has 1 heterocycles. The third-order valence-electron chi connectivity index (χ3n) is 3.79. The molecule has 0 atom stereocenters. The van der Waals surface area contributed by atoms with E-state index in [0.717, 1.165) is 18.2 Å². The summed E-state index contributed by atoms with van der Waals surface area (Å²) in [6, 6.07) is 5.41. The van der Waals surface area contributed by atoms with Crippen LogP contribution in [0.4, 0.5) is 14.5 Å². The van der Waals surface area contributed by atoms with Crippen molar-refractivity contribution >= 4 is 15.7 Å². The molecule has 0 aliphatic rings. The molecule has 0 amide bonds. The molecule has 0 bridgehead atoms. The largest absolute Gasteiger partial charge is 0.493 e. The Morgan fingerprint density at radius 3 is 2.32 bits per heavy atom. The zero-order valence-corrected chi connectivity index (χ0v) is 15.8. The Labute approximate surface area is 158 Å².